The first kappa shape index (κ1) is 18.7. The molecular weight excluding hydrogens is 292 g/mol. The lowest BCUT2D eigenvalue weighted by Crippen LogP contribution is -3.09. The zero-order valence-electron chi connectivity index (χ0n) is 14.4. The highest BCUT2D eigenvalue weighted by Gasteiger charge is 2.28. The van der Waals surface area contributed by atoms with Gasteiger partial charge in [0.05, 0.1) is 13.1 Å². The molecular formula is C17H25N4O2+. The zero-order valence-corrected chi connectivity index (χ0v) is 14.4. The summed E-state index contributed by atoms with van der Waals surface area (Å²) in [5.41, 5.74) is 0.845. The molecule has 0 bridgehead atoms. The second-order valence-electron chi connectivity index (χ2n) is 6.21. The molecule has 2 N–H and O–H groups in total. The molecule has 1 atom stereocenters. The Morgan fingerprint density at radius 3 is 2.35 bits per heavy atom. The van der Waals surface area contributed by atoms with Gasteiger partial charge < -0.3 is 15.1 Å². The fourth-order valence-corrected chi connectivity index (χ4v) is 2.09. The van der Waals surface area contributed by atoms with Gasteiger partial charge in [-0.2, -0.15) is 5.26 Å². The van der Waals surface area contributed by atoms with Crippen LogP contribution < -0.4 is 10.2 Å². The van der Waals surface area contributed by atoms with Crippen LogP contribution in [0, 0.1) is 11.3 Å². The van der Waals surface area contributed by atoms with Crippen LogP contribution in [0.2, 0.25) is 0 Å². The molecule has 0 aliphatic carbocycles. The Kier molecular flexibility index (Phi) is 6.28. The lowest BCUT2D eigenvalue weighted by atomic mass is 10.1. The van der Waals surface area contributed by atoms with E-state index in [1.807, 2.05) is 19.2 Å². The van der Waals surface area contributed by atoms with Gasteiger partial charge >= 0.3 is 0 Å². The second kappa shape index (κ2) is 7.75. The van der Waals surface area contributed by atoms with E-state index in [0.29, 0.717) is 18.7 Å². The molecule has 0 saturated carbocycles. The number of amides is 2. The molecule has 0 spiro atoms. The van der Waals surface area contributed by atoms with E-state index in [1.165, 1.54) is 4.90 Å². The van der Waals surface area contributed by atoms with Crippen LogP contribution in [0.4, 0.5) is 0 Å². The third-order valence-corrected chi connectivity index (χ3v) is 3.89. The summed E-state index contributed by atoms with van der Waals surface area (Å²) >= 11 is 0. The number of carbonyl (C=O) groups is 2. The number of hydrogen-bond donors (Lipinski definition) is 2. The number of benzene rings is 1. The molecule has 1 rings (SSSR count). The largest absolute Gasteiger partial charge is 0.355 e. The van der Waals surface area contributed by atoms with Crippen molar-refractivity contribution in [3.8, 4) is 6.07 Å². The third-order valence-electron chi connectivity index (χ3n) is 3.89. The number of likely N-dealkylation sites (N-methyl/N-ethyl adjacent to an activating group) is 2. The molecule has 0 saturated heterocycles. The Balaban J connectivity index is 2.63. The minimum absolute atomic E-state index is 0.0731. The van der Waals surface area contributed by atoms with Crippen molar-refractivity contribution in [2.75, 3.05) is 27.7 Å². The molecule has 1 aromatic rings. The molecule has 0 aromatic heterocycles. The molecule has 0 aliphatic rings. The van der Waals surface area contributed by atoms with Crippen LogP contribution in [-0.4, -0.2) is 49.9 Å². The van der Waals surface area contributed by atoms with E-state index in [2.05, 4.69) is 11.4 Å². The fraction of sp³-hybridized carbons (Fsp3) is 0.471. The van der Waals surface area contributed by atoms with Gasteiger partial charge in [0.2, 0.25) is 0 Å². The predicted octanol–water partition coefficient (Wildman–Crippen LogP) is -0.179. The van der Waals surface area contributed by atoms with Gasteiger partial charge in [0.15, 0.2) is 6.54 Å². The normalized spacial score (nSPS) is 12.2. The van der Waals surface area contributed by atoms with Gasteiger partial charge in [0, 0.05) is 25.2 Å². The summed E-state index contributed by atoms with van der Waals surface area (Å²) in [5, 5.41) is 11.7. The van der Waals surface area contributed by atoms with Crippen molar-refractivity contribution in [1.29, 1.82) is 5.26 Å². The molecule has 6 heteroatoms. The minimum atomic E-state index is -0.813. The average Bonchev–Trinajstić information content (AvgIpc) is 2.53. The molecule has 23 heavy (non-hydrogen) atoms. The van der Waals surface area contributed by atoms with E-state index in [4.69, 9.17) is 5.26 Å². The molecule has 0 radical (unpaired) electrons. The highest BCUT2D eigenvalue weighted by atomic mass is 16.2. The maximum Gasteiger partial charge on any atom is 0.278 e. The number of nitrogens with zero attached hydrogens (tertiary/aromatic N) is 2. The molecule has 2 amide bonds. The van der Waals surface area contributed by atoms with Gasteiger partial charge in [-0.15, -0.1) is 0 Å². The molecule has 1 aromatic carbocycles. The van der Waals surface area contributed by atoms with Crippen molar-refractivity contribution in [3.63, 3.8) is 0 Å². The highest BCUT2D eigenvalue weighted by Crippen LogP contribution is 2.09. The third kappa shape index (κ3) is 5.08. The topological polar surface area (TPSA) is 77.6 Å². The van der Waals surface area contributed by atoms with Gasteiger partial charge in [0.1, 0.15) is 12.1 Å². The summed E-state index contributed by atoms with van der Waals surface area (Å²) in [4.78, 5) is 26.2. The molecule has 6 nitrogen and oxygen atoms in total. The Morgan fingerprint density at radius 2 is 1.87 bits per heavy atom. The average molecular weight is 317 g/mol. The SMILES string of the molecule is CNC(=O)c1ccc(C[NH+](C)CC(=O)N(C)C(C)(C)C#N)cc1. The first-order valence-corrected chi connectivity index (χ1v) is 7.51. The quantitative estimate of drug-likeness (QED) is 0.764. The maximum atomic E-state index is 12.2. The van der Waals surface area contributed by atoms with Crippen LogP contribution in [0.3, 0.4) is 0 Å². The lowest BCUT2D eigenvalue weighted by molar-refractivity contribution is -0.885. The summed E-state index contributed by atoms with van der Waals surface area (Å²) in [6, 6.07) is 9.45. The molecule has 0 fully saturated rings. The number of carbonyl (C=O) groups excluding carboxylic acids is 2. The molecule has 0 heterocycles. The van der Waals surface area contributed by atoms with Crippen molar-refractivity contribution in [3.05, 3.63) is 35.4 Å². The van der Waals surface area contributed by atoms with Gasteiger partial charge in [-0.1, -0.05) is 12.1 Å². The van der Waals surface area contributed by atoms with E-state index in [-0.39, 0.29) is 11.8 Å². The first-order valence-electron chi connectivity index (χ1n) is 7.51. The highest BCUT2D eigenvalue weighted by molar-refractivity contribution is 5.93. The summed E-state index contributed by atoms with van der Waals surface area (Å²) in [5.74, 6) is -0.191. The monoisotopic (exact) mass is 317 g/mol. The van der Waals surface area contributed by atoms with Crippen molar-refractivity contribution in [2.24, 2.45) is 0 Å². The van der Waals surface area contributed by atoms with Gasteiger partial charge in [-0.3, -0.25) is 9.59 Å². The number of nitrogens with one attached hydrogen (secondary N) is 2. The van der Waals surface area contributed by atoms with Crippen LogP contribution in [0.1, 0.15) is 29.8 Å². The van der Waals surface area contributed by atoms with Crippen molar-refractivity contribution in [2.45, 2.75) is 25.9 Å². The Labute approximate surface area is 137 Å². The van der Waals surface area contributed by atoms with Gasteiger partial charge in [-0.05, 0) is 26.0 Å². The Hall–Kier alpha value is -2.39. The summed E-state index contributed by atoms with van der Waals surface area (Å²) in [6.45, 7) is 4.41. The van der Waals surface area contributed by atoms with E-state index < -0.39 is 5.54 Å². The predicted molar refractivity (Wildman–Crippen MR) is 87.8 cm³/mol. The number of quaternary nitrogens is 1. The summed E-state index contributed by atoms with van der Waals surface area (Å²) in [6.07, 6.45) is 0. The molecule has 1 unspecified atom stereocenters. The van der Waals surface area contributed by atoms with Crippen LogP contribution in [0.25, 0.3) is 0 Å². The van der Waals surface area contributed by atoms with Crippen LogP contribution in [-0.2, 0) is 11.3 Å². The maximum absolute atomic E-state index is 12.2. The van der Waals surface area contributed by atoms with Crippen LogP contribution in [0.5, 0.6) is 0 Å². The number of nitriles is 1. The van der Waals surface area contributed by atoms with E-state index in [1.54, 1.807) is 40.1 Å². The van der Waals surface area contributed by atoms with Crippen LogP contribution >= 0.6 is 0 Å². The van der Waals surface area contributed by atoms with Gasteiger partial charge in [-0.25, -0.2) is 0 Å². The minimum Gasteiger partial charge on any atom is -0.355 e. The molecule has 124 valence electrons. The smallest absolute Gasteiger partial charge is 0.278 e. The van der Waals surface area contributed by atoms with Crippen LogP contribution in [0.15, 0.2) is 24.3 Å². The zero-order chi connectivity index (χ0) is 17.6. The standard InChI is InChI=1S/C17H24N4O2/c1-17(2,12-18)21(5)15(22)11-20(4)10-13-6-8-14(9-7-13)16(23)19-3/h6-9H,10-11H2,1-5H3,(H,19,23)/p+1. The first-order chi connectivity index (χ1) is 10.7. The summed E-state index contributed by atoms with van der Waals surface area (Å²) in [7, 11) is 5.17. The van der Waals surface area contributed by atoms with Crippen molar-refractivity contribution < 1.29 is 14.5 Å². The number of hydrogen-bond acceptors (Lipinski definition) is 3. The second-order valence-corrected chi connectivity index (χ2v) is 6.21. The van der Waals surface area contributed by atoms with Crippen molar-refractivity contribution >= 4 is 11.8 Å². The van der Waals surface area contributed by atoms with E-state index in [9.17, 15) is 9.59 Å². The van der Waals surface area contributed by atoms with Gasteiger partial charge in [0.25, 0.3) is 11.8 Å². The van der Waals surface area contributed by atoms with E-state index in [0.717, 1.165) is 10.5 Å². The van der Waals surface area contributed by atoms with Crippen molar-refractivity contribution in [1.82, 2.24) is 10.2 Å². The summed E-state index contributed by atoms with van der Waals surface area (Å²) < 4.78 is 0. The molecule has 0 aliphatic heterocycles. The fourth-order valence-electron chi connectivity index (χ4n) is 2.09. The Bertz CT molecular complexity index is 602. The van der Waals surface area contributed by atoms with E-state index >= 15 is 0 Å². The Morgan fingerprint density at radius 1 is 1.30 bits per heavy atom. The lowest BCUT2D eigenvalue weighted by Gasteiger charge is -2.29. The number of rotatable bonds is 6.